The van der Waals surface area contributed by atoms with E-state index in [2.05, 4.69) is 11.1 Å². The zero-order chi connectivity index (χ0) is 12.0. The lowest BCUT2D eigenvalue weighted by Gasteiger charge is -2.09. The molecule has 16 heavy (non-hydrogen) atoms. The van der Waals surface area contributed by atoms with Crippen LogP contribution in [-0.2, 0) is 9.59 Å². The summed E-state index contributed by atoms with van der Waals surface area (Å²) in [6, 6.07) is 8.36. The van der Waals surface area contributed by atoms with Gasteiger partial charge >= 0.3 is 0 Å². The Morgan fingerprint density at radius 1 is 1.31 bits per heavy atom. The zero-order valence-electron chi connectivity index (χ0n) is 8.81. The fourth-order valence-corrected chi connectivity index (χ4v) is 1.19. The number of carboxylic acid groups (broad SMARTS) is 1. The number of aliphatic carboxylic acids is 1. The van der Waals surface area contributed by atoms with Crippen LogP contribution in [-0.4, -0.2) is 17.9 Å². The molecule has 0 aliphatic carbocycles. The molecule has 0 saturated carbocycles. The predicted molar refractivity (Wildman–Crippen MR) is 56.0 cm³/mol. The summed E-state index contributed by atoms with van der Waals surface area (Å²) in [6.07, 6.45) is 0.0252. The van der Waals surface area contributed by atoms with Crippen molar-refractivity contribution < 1.29 is 20.4 Å². The van der Waals surface area contributed by atoms with Gasteiger partial charge in [-0.05, 0) is 18.6 Å². The Hall–Kier alpha value is -1.88. The van der Waals surface area contributed by atoms with E-state index >= 15 is 0 Å². The second-order valence-corrected chi connectivity index (χ2v) is 3.46. The van der Waals surface area contributed by atoms with Crippen LogP contribution in [0.1, 0.15) is 12.8 Å². The fraction of sp³-hybridized carbons (Fsp3) is 0.273. The SMILES string of the molecule is [NH3+][C@@H](CCC(=O)[O-])C(=O)Nc1ccccc1. The summed E-state index contributed by atoms with van der Waals surface area (Å²) in [5.74, 6) is -1.45. The van der Waals surface area contributed by atoms with E-state index in [0.717, 1.165) is 0 Å². The minimum atomic E-state index is -1.17. The van der Waals surface area contributed by atoms with Crippen molar-refractivity contribution in [2.75, 3.05) is 5.32 Å². The van der Waals surface area contributed by atoms with Gasteiger partial charge in [0.2, 0.25) is 0 Å². The summed E-state index contributed by atoms with van der Waals surface area (Å²) in [4.78, 5) is 21.8. The Morgan fingerprint density at radius 3 is 2.50 bits per heavy atom. The van der Waals surface area contributed by atoms with Crippen molar-refractivity contribution in [1.82, 2.24) is 0 Å². The van der Waals surface area contributed by atoms with Crippen LogP contribution in [0, 0.1) is 0 Å². The molecule has 0 spiro atoms. The standard InChI is InChI=1S/C11H14N2O3/c12-9(6-7-10(14)15)11(16)13-8-4-2-1-3-5-8/h1-5,9H,6-7,12H2,(H,13,16)(H,14,15)/t9-/m0/s1. The van der Waals surface area contributed by atoms with E-state index in [-0.39, 0.29) is 18.7 Å². The zero-order valence-corrected chi connectivity index (χ0v) is 8.81. The van der Waals surface area contributed by atoms with E-state index in [9.17, 15) is 14.7 Å². The lowest BCUT2D eigenvalue weighted by molar-refractivity contribution is -0.404. The van der Waals surface area contributed by atoms with Gasteiger partial charge in [0.05, 0.1) is 0 Å². The van der Waals surface area contributed by atoms with Crippen molar-refractivity contribution >= 4 is 17.6 Å². The van der Waals surface area contributed by atoms with Gasteiger partial charge in [-0.15, -0.1) is 0 Å². The highest BCUT2D eigenvalue weighted by molar-refractivity contribution is 5.93. The summed E-state index contributed by atoms with van der Waals surface area (Å²) < 4.78 is 0. The first-order valence-electron chi connectivity index (χ1n) is 4.98. The molecule has 0 unspecified atom stereocenters. The van der Waals surface area contributed by atoms with E-state index in [0.29, 0.717) is 5.69 Å². The molecular weight excluding hydrogens is 208 g/mol. The van der Waals surface area contributed by atoms with Gasteiger partial charge in [0.15, 0.2) is 6.04 Å². The van der Waals surface area contributed by atoms with E-state index in [1.54, 1.807) is 24.3 Å². The monoisotopic (exact) mass is 222 g/mol. The predicted octanol–water partition coefficient (Wildman–Crippen LogP) is -1.23. The molecule has 5 heteroatoms. The van der Waals surface area contributed by atoms with Gasteiger partial charge in [-0.1, -0.05) is 18.2 Å². The van der Waals surface area contributed by atoms with Gasteiger partial charge < -0.3 is 21.0 Å². The summed E-state index contributed by atoms with van der Waals surface area (Å²) in [5, 5.41) is 12.9. The third-order valence-electron chi connectivity index (χ3n) is 2.11. The maximum atomic E-state index is 11.5. The molecule has 0 saturated heterocycles. The van der Waals surface area contributed by atoms with E-state index < -0.39 is 12.0 Å². The first kappa shape index (κ1) is 12.2. The van der Waals surface area contributed by atoms with Gasteiger partial charge in [0, 0.05) is 18.1 Å². The molecule has 0 aromatic heterocycles. The normalized spacial score (nSPS) is 11.8. The Bertz CT molecular complexity index is 365. The van der Waals surface area contributed by atoms with Gasteiger partial charge in [-0.3, -0.25) is 4.79 Å². The van der Waals surface area contributed by atoms with Crippen molar-refractivity contribution in [3.8, 4) is 0 Å². The Morgan fingerprint density at radius 2 is 1.94 bits per heavy atom. The number of para-hydroxylation sites is 1. The Balaban J connectivity index is 2.43. The summed E-state index contributed by atoms with van der Waals surface area (Å²) in [5.41, 5.74) is 4.28. The van der Waals surface area contributed by atoms with E-state index in [4.69, 9.17) is 0 Å². The lowest BCUT2D eigenvalue weighted by Crippen LogP contribution is -2.66. The number of nitrogens with one attached hydrogen (secondary N) is 1. The molecule has 1 amide bonds. The topological polar surface area (TPSA) is 96.9 Å². The van der Waals surface area contributed by atoms with E-state index in [1.165, 1.54) is 0 Å². The number of quaternary nitrogens is 1. The number of rotatable bonds is 5. The van der Waals surface area contributed by atoms with Gasteiger partial charge in [0.25, 0.3) is 5.91 Å². The second-order valence-electron chi connectivity index (χ2n) is 3.46. The van der Waals surface area contributed by atoms with E-state index in [1.807, 2.05) is 6.07 Å². The molecule has 0 fully saturated rings. The third-order valence-corrected chi connectivity index (χ3v) is 2.11. The number of carboxylic acids is 1. The molecule has 0 heterocycles. The minimum absolute atomic E-state index is 0.156. The highest BCUT2D eigenvalue weighted by Gasteiger charge is 2.16. The van der Waals surface area contributed by atoms with Crippen molar-refractivity contribution in [3.05, 3.63) is 30.3 Å². The van der Waals surface area contributed by atoms with Crippen LogP contribution in [0.5, 0.6) is 0 Å². The van der Waals surface area contributed by atoms with Crippen LogP contribution < -0.4 is 16.2 Å². The molecule has 1 atom stereocenters. The third kappa shape index (κ3) is 4.10. The minimum Gasteiger partial charge on any atom is -0.550 e. The van der Waals surface area contributed by atoms with Crippen LogP contribution in [0.4, 0.5) is 5.69 Å². The Labute approximate surface area is 93.3 Å². The number of carbonyl (C=O) groups excluding carboxylic acids is 2. The van der Waals surface area contributed by atoms with Crippen molar-refractivity contribution in [2.24, 2.45) is 0 Å². The van der Waals surface area contributed by atoms with Crippen molar-refractivity contribution in [1.29, 1.82) is 0 Å². The molecule has 0 radical (unpaired) electrons. The summed E-state index contributed by atoms with van der Waals surface area (Å²) in [7, 11) is 0. The first-order valence-corrected chi connectivity index (χ1v) is 4.98. The number of anilines is 1. The van der Waals surface area contributed by atoms with Crippen molar-refractivity contribution in [2.45, 2.75) is 18.9 Å². The second kappa shape index (κ2) is 5.87. The number of benzene rings is 1. The fourth-order valence-electron chi connectivity index (χ4n) is 1.19. The highest BCUT2D eigenvalue weighted by atomic mass is 16.4. The molecule has 0 aliphatic rings. The maximum absolute atomic E-state index is 11.5. The summed E-state index contributed by atoms with van der Waals surface area (Å²) >= 11 is 0. The number of hydrogen-bond acceptors (Lipinski definition) is 3. The van der Waals surface area contributed by atoms with Crippen LogP contribution in [0.2, 0.25) is 0 Å². The lowest BCUT2D eigenvalue weighted by atomic mass is 10.1. The van der Waals surface area contributed by atoms with Crippen LogP contribution in [0.15, 0.2) is 30.3 Å². The quantitative estimate of drug-likeness (QED) is 0.652. The molecule has 5 nitrogen and oxygen atoms in total. The van der Waals surface area contributed by atoms with Crippen molar-refractivity contribution in [3.63, 3.8) is 0 Å². The molecule has 1 aromatic rings. The molecule has 1 rings (SSSR count). The molecule has 1 aromatic carbocycles. The highest BCUT2D eigenvalue weighted by Crippen LogP contribution is 2.05. The number of amides is 1. The molecule has 4 N–H and O–H groups in total. The molecular formula is C11H14N2O3. The smallest absolute Gasteiger partial charge is 0.282 e. The number of carbonyl (C=O) groups is 2. The number of hydrogen-bond donors (Lipinski definition) is 2. The van der Waals surface area contributed by atoms with Gasteiger partial charge in [0.1, 0.15) is 0 Å². The largest absolute Gasteiger partial charge is 0.550 e. The van der Waals surface area contributed by atoms with Crippen LogP contribution >= 0.6 is 0 Å². The first-order chi connectivity index (χ1) is 7.59. The molecule has 0 bridgehead atoms. The molecule has 0 aliphatic heterocycles. The van der Waals surface area contributed by atoms with Gasteiger partial charge in [-0.2, -0.15) is 0 Å². The maximum Gasteiger partial charge on any atom is 0.282 e. The van der Waals surface area contributed by atoms with Crippen LogP contribution in [0.3, 0.4) is 0 Å². The average molecular weight is 222 g/mol. The Kier molecular flexibility index (Phi) is 4.47. The molecule has 86 valence electrons. The average Bonchev–Trinajstić information content (AvgIpc) is 2.27. The summed E-state index contributed by atoms with van der Waals surface area (Å²) in [6.45, 7) is 0. The van der Waals surface area contributed by atoms with Crippen LogP contribution in [0.25, 0.3) is 0 Å². The van der Waals surface area contributed by atoms with Gasteiger partial charge in [-0.25, -0.2) is 0 Å².